The summed E-state index contributed by atoms with van der Waals surface area (Å²) in [6, 6.07) is 7.47. The number of hydrogen-bond donors (Lipinski definition) is 2. The van der Waals surface area contributed by atoms with Gasteiger partial charge < -0.3 is 10.2 Å². The largest absolute Gasteiger partial charge is 0.390 e. The quantitative estimate of drug-likeness (QED) is 0.753. The molecule has 3 heteroatoms. The molecule has 1 aromatic carbocycles. The number of benzene rings is 1. The van der Waals surface area contributed by atoms with E-state index in [1.807, 2.05) is 31.2 Å². The third kappa shape index (κ3) is 2.71. The minimum atomic E-state index is -0.838. The maximum absolute atomic E-state index is 9.79. The average molecular weight is 215 g/mol. The van der Waals surface area contributed by atoms with Crippen LogP contribution in [-0.2, 0) is 0 Å². The molecule has 0 aliphatic carbocycles. The van der Waals surface area contributed by atoms with Gasteiger partial charge in [-0.3, -0.25) is 0 Å². The van der Waals surface area contributed by atoms with Gasteiger partial charge in [-0.25, -0.2) is 0 Å². The van der Waals surface area contributed by atoms with Crippen LogP contribution in [0.5, 0.6) is 0 Å². The normalized spacial score (nSPS) is 15.1. The van der Waals surface area contributed by atoms with Gasteiger partial charge >= 0.3 is 0 Å². The first-order chi connectivity index (χ1) is 6.66. The minimum absolute atomic E-state index is 0.351. The molecule has 0 aromatic heterocycles. The van der Waals surface area contributed by atoms with Crippen molar-refractivity contribution in [3.8, 4) is 0 Å². The number of aliphatic hydroxyl groups is 2. The van der Waals surface area contributed by atoms with Crippen LogP contribution < -0.4 is 0 Å². The van der Waals surface area contributed by atoms with Crippen LogP contribution in [0.4, 0.5) is 0 Å². The molecule has 2 unspecified atom stereocenters. The number of rotatable bonds is 4. The van der Waals surface area contributed by atoms with Crippen molar-refractivity contribution in [1.82, 2.24) is 0 Å². The molecule has 2 atom stereocenters. The molecule has 0 bridgehead atoms. The van der Waals surface area contributed by atoms with Crippen LogP contribution in [0.25, 0.3) is 0 Å². The summed E-state index contributed by atoms with van der Waals surface area (Å²) in [5.41, 5.74) is 1.75. The van der Waals surface area contributed by atoms with Gasteiger partial charge in [-0.15, -0.1) is 11.6 Å². The van der Waals surface area contributed by atoms with Crippen LogP contribution in [0, 0.1) is 6.92 Å². The fourth-order valence-corrected chi connectivity index (χ4v) is 1.62. The van der Waals surface area contributed by atoms with Gasteiger partial charge in [-0.05, 0) is 24.5 Å². The highest BCUT2D eigenvalue weighted by Gasteiger charge is 2.18. The second-order valence-corrected chi connectivity index (χ2v) is 3.72. The van der Waals surface area contributed by atoms with E-state index >= 15 is 0 Å². The van der Waals surface area contributed by atoms with Crippen LogP contribution >= 0.6 is 11.6 Å². The van der Waals surface area contributed by atoms with Crippen molar-refractivity contribution < 1.29 is 10.2 Å². The third-order valence-electron chi connectivity index (χ3n) is 2.28. The Kier molecular flexibility index (Phi) is 4.39. The lowest BCUT2D eigenvalue weighted by Crippen LogP contribution is -2.19. The summed E-state index contributed by atoms with van der Waals surface area (Å²) in [6.07, 6.45) is -1.22. The molecule has 1 aromatic rings. The Hall–Kier alpha value is -0.570. The molecule has 0 aliphatic heterocycles. The molecule has 0 fully saturated rings. The fraction of sp³-hybridized carbons (Fsp3) is 0.455. The van der Waals surface area contributed by atoms with Crippen LogP contribution in [0.15, 0.2) is 24.3 Å². The molecule has 2 N–H and O–H groups in total. The Morgan fingerprint density at radius 3 is 2.50 bits per heavy atom. The Balaban J connectivity index is 2.78. The molecule has 78 valence electrons. The Labute approximate surface area is 89.1 Å². The first-order valence-corrected chi connectivity index (χ1v) is 5.18. The van der Waals surface area contributed by atoms with Gasteiger partial charge in [0, 0.05) is 5.88 Å². The summed E-state index contributed by atoms with van der Waals surface area (Å²) in [7, 11) is 0. The predicted octanol–water partition coefficient (Wildman–Crippen LogP) is 2.02. The average Bonchev–Trinajstić information content (AvgIpc) is 2.18. The summed E-state index contributed by atoms with van der Waals surface area (Å²) in [5, 5.41) is 19.4. The molecule has 1 rings (SSSR count). The van der Waals surface area contributed by atoms with E-state index in [0.717, 1.165) is 11.1 Å². The number of hydrogen-bond acceptors (Lipinski definition) is 2. The SMILES string of the molecule is Cc1ccccc1C(O)C(O)CCCl. The third-order valence-corrected chi connectivity index (χ3v) is 2.49. The topological polar surface area (TPSA) is 40.5 Å². The van der Waals surface area contributed by atoms with Crippen LogP contribution in [-0.4, -0.2) is 22.2 Å². The standard InChI is InChI=1S/C11H15ClO2/c1-8-4-2-3-5-9(8)11(14)10(13)6-7-12/h2-5,10-11,13-14H,6-7H2,1H3. The minimum Gasteiger partial charge on any atom is -0.390 e. The predicted molar refractivity (Wildman–Crippen MR) is 57.5 cm³/mol. The van der Waals surface area contributed by atoms with Crippen LogP contribution in [0.1, 0.15) is 23.7 Å². The van der Waals surface area contributed by atoms with Crippen molar-refractivity contribution in [2.75, 3.05) is 5.88 Å². The molecule has 0 heterocycles. The second-order valence-electron chi connectivity index (χ2n) is 3.35. The van der Waals surface area contributed by atoms with Crippen molar-refractivity contribution in [1.29, 1.82) is 0 Å². The Bertz CT molecular complexity index is 288. The van der Waals surface area contributed by atoms with Gasteiger partial charge in [0.05, 0.1) is 6.10 Å². The molecule has 14 heavy (non-hydrogen) atoms. The number of alkyl halides is 1. The maximum Gasteiger partial charge on any atom is 0.105 e. The van der Waals surface area contributed by atoms with E-state index in [-0.39, 0.29) is 0 Å². The van der Waals surface area contributed by atoms with Crippen molar-refractivity contribution in [3.63, 3.8) is 0 Å². The summed E-state index contributed by atoms with van der Waals surface area (Å²) < 4.78 is 0. The zero-order valence-corrected chi connectivity index (χ0v) is 8.91. The Morgan fingerprint density at radius 1 is 1.29 bits per heavy atom. The summed E-state index contributed by atoms with van der Waals surface area (Å²) in [5.74, 6) is 0.351. The highest BCUT2D eigenvalue weighted by Crippen LogP contribution is 2.22. The molecule has 0 saturated heterocycles. The number of halogens is 1. The van der Waals surface area contributed by atoms with E-state index in [9.17, 15) is 10.2 Å². The number of aryl methyl sites for hydroxylation is 1. The van der Waals surface area contributed by atoms with Crippen LogP contribution in [0.2, 0.25) is 0 Å². The molecule has 0 amide bonds. The molecule has 0 radical (unpaired) electrons. The first kappa shape index (κ1) is 11.5. The number of aliphatic hydroxyl groups excluding tert-OH is 2. The van der Waals surface area contributed by atoms with Gasteiger partial charge in [-0.2, -0.15) is 0 Å². The fourth-order valence-electron chi connectivity index (χ4n) is 1.40. The van der Waals surface area contributed by atoms with Crippen molar-refractivity contribution in [2.45, 2.75) is 25.6 Å². The second kappa shape index (κ2) is 5.35. The highest BCUT2D eigenvalue weighted by atomic mass is 35.5. The lowest BCUT2D eigenvalue weighted by molar-refractivity contribution is 0.0166. The van der Waals surface area contributed by atoms with Gasteiger partial charge in [0.25, 0.3) is 0 Å². The zero-order chi connectivity index (χ0) is 10.6. The van der Waals surface area contributed by atoms with Crippen molar-refractivity contribution >= 4 is 11.6 Å². The van der Waals surface area contributed by atoms with Crippen molar-refractivity contribution in [3.05, 3.63) is 35.4 Å². The van der Waals surface area contributed by atoms with Crippen LogP contribution in [0.3, 0.4) is 0 Å². The van der Waals surface area contributed by atoms with Gasteiger partial charge in [0.15, 0.2) is 0 Å². The van der Waals surface area contributed by atoms with E-state index in [1.54, 1.807) is 0 Å². The maximum atomic E-state index is 9.79. The summed E-state index contributed by atoms with van der Waals surface area (Å²) >= 11 is 5.50. The van der Waals surface area contributed by atoms with Crippen molar-refractivity contribution in [2.24, 2.45) is 0 Å². The van der Waals surface area contributed by atoms with E-state index in [4.69, 9.17) is 11.6 Å². The summed E-state index contributed by atoms with van der Waals surface area (Å²) in [6.45, 7) is 1.91. The molecule has 0 aliphatic rings. The van der Waals surface area contributed by atoms with E-state index in [2.05, 4.69) is 0 Å². The van der Waals surface area contributed by atoms with E-state index in [1.165, 1.54) is 0 Å². The lowest BCUT2D eigenvalue weighted by atomic mass is 9.98. The monoisotopic (exact) mass is 214 g/mol. The van der Waals surface area contributed by atoms with Gasteiger partial charge in [0.1, 0.15) is 6.10 Å². The van der Waals surface area contributed by atoms with Gasteiger partial charge in [0.2, 0.25) is 0 Å². The summed E-state index contributed by atoms with van der Waals surface area (Å²) in [4.78, 5) is 0. The zero-order valence-electron chi connectivity index (χ0n) is 8.15. The molecule has 0 saturated carbocycles. The smallest absolute Gasteiger partial charge is 0.105 e. The molecule has 0 spiro atoms. The Morgan fingerprint density at radius 2 is 1.93 bits per heavy atom. The molecular formula is C11H15ClO2. The van der Waals surface area contributed by atoms with E-state index in [0.29, 0.717) is 12.3 Å². The lowest BCUT2D eigenvalue weighted by Gasteiger charge is -2.18. The highest BCUT2D eigenvalue weighted by molar-refractivity contribution is 6.17. The van der Waals surface area contributed by atoms with E-state index < -0.39 is 12.2 Å². The molecule has 2 nitrogen and oxygen atoms in total. The molecular weight excluding hydrogens is 200 g/mol. The van der Waals surface area contributed by atoms with Gasteiger partial charge in [-0.1, -0.05) is 24.3 Å². The first-order valence-electron chi connectivity index (χ1n) is 4.64.